The zero-order chi connectivity index (χ0) is 38.7. The first kappa shape index (κ1) is 42.5. The van der Waals surface area contributed by atoms with E-state index >= 15 is 0 Å². The van der Waals surface area contributed by atoms with E-state index in [0.29, 0.717) is 0 Å². The van der Waals surface area contributed by atoms with Gasteiger partial charge in [-0.2, -0.15) is 0 Å². The molecule has 0 atom stereocenters. The second kappa shape index (κ2) is 23.4. The summed E-state index contributed by atoms with van der Waals surface area (Å²) in [6.45, 7) is 0. The fourth-order valence-corrected chi connectivity index (χ4v) is 13.5. The van der Waals surface area contributed by atoms with Crippen molar-refractivity contribution in [2.24, 2.45) is 0 Å². The molecule has 0 aliphatic heterocycles. The van der Waals surface area contributed by atoms with Crippen molar-refractivity contribution < 1.29 is 23.3 Å². The number of hydrogen-bond donors (Lipinski definition) is 0. The van der Waals surface area contributed by atoms with Gasteiger partial charge in [0.2, 0.25) is 0 Å². The van der Waals surface area contributed by atoms with Gasteiger partial charge in [-0.1, -0.05) is 273 Å². The molecule has 0 aromatic heterocycles. The predicted octanol–water partition coefficient (Wildman–Crippen LogP) is 10.6. The van der Waals surface area contributed by atoms with E-state index in [9.17, 15) is 0 Å². The minimum Gasteiger partial charge on any atom is -1.00 e. The van der Waals surface area contributed by atoms with Gasteiger partial charge in [-0.15, -0.1) is 0 Å². The molecule has 0 aliphatic carbocycles. The molecule has 0 nitrogen and oxygen atoms in total. The smallest absolute Gasteiger partial charge is 1.00 e. The molecule has 0 fully saturated rings. The molecule has 58 heavy (non-hydrogen) atoms. The van der Waals surface area contributed by atoms with E-state index in [2.05, 4.69) is 273 Å². The van der Waals surface area contributed by atoms with Crippen molar-refractivity contribution in [3.8, 4) is 0 Å². The van der Waals surface area contributed by atoms with Crippen LogP contribution in [0.4, 0.5) is 0 Å². The Morgan fingerprint density at radius 2 is 0.241 bits per heavy atom. The molecule has 0 saturated carbocycles. The van der Waals surface area contributed by atoms with Crippen molar-refractivity contribution in [2.45, 2.75) is 0 Å². The largest absolute Gasteiger partial charge is 2.00 e. The summed E-state index contributed by atoms with van der Waals surface area (Å²) < 4.78 is 0. The summed E-state index contributed by atoms with van der Waals surface area (Å²) in [5, 5.41) is 12.6. The summed E-state index contributed by atoms with van der Waals surface area (Å²) >= 11 is 0. The molecule has 0 amide bonds. The molecule has 0 unspecified atom stereocenters. The van der Waals surface area contributed by atoms with E-state index in [1.54, 1.807) is 0 Å². The molecule has 9 aromatic rings. The molecule has 4 heteroatoms. The van der Waals surface area contributed by atoms with Crippen LogP contribution in [0.25, 0.3) is 0 Å². The maximum atomic E-state index is 2.23. The van der Waals surface area contributed by atoms with Crippen molar-refractivity contribution in [1.29, 1.82) is 0 Å². The van der Waals surface area contributed by atoms with Crippen LogP contribution >= 0.6 is 23.8 Å². The van der Waals surface area contributed by atoms with Gasteiger partial charge in [0.25, 0.3) is 0 Å². The van der Waals surface area contributed by atoms with E-state index in [1.165, 1.54) is 47.7 Å². The van der Waals surface area contributed by atoms with Gasteiger partial charge in [0, 0.05) is 0 Å². The van der Waals surface area contributed by atoms with Gasteiger partial charge in [0.15, 0.2) is 0 Å². The second-order valence-corrected chi connectivity index (χ2v) is 19.7. The van der Waals surface area contributed by atoms with E-state index in [-0.39, 0.29) is 23.3 Å². The van der Waals surface area contributed by atoms with E-state index in [4.69, 9.17) is 0 Å². The van der Waals surface area contributed by atoms with Gasteiger partial charge < -0.3 is 2.85 Å². The molecule has 0 aliphatic rings. The second-order valence-electron chi connectivity index (χ2n) is 13.0. The first-order chi connectivity index (χ1) is 28.3. The summed E-state index contributed by atoms with van der Waals surface area (Å²) in [6.07, 6.45) is 0. The Labute approximate surface area is 365 Å². The molecule has 0 radical (unpaired) electrons. The average molecular weight is 895 g/mol. The van der Waals surface area contributed by atoms with Crippen LogP contribution in [0.3, 0.4) is 0 Å². The van der Waals surface area contributed by atoms with E-state index < -0.39 is 23.8 Å². The molecular weight excluding hydrogens is 848 g/mol. The molecule has 0 spiro atoms. The Balaban J connectivity index is 0.000000194. The van der Waals surface area contributed by atoms with Crippen LogP contribution in [-0.4, -0.2) is 0 Å². The topological polar surface area (TPSA) is 0 Å². The van der Waals surface area contributed by atoms with Gasteiger partial charge in [-0.3, -0.25) is 0 Å². The predicted molar refractivity (Wildman–Crippen MR) is 258 cm³/mol. The van der Waals surface area contributed by atoms with Gasteiger partial charge in [-0.05, 0) is 71.5 Å². The van der Waals surface area contributed by atoms with E-state index in [0.717, 1.165) is 0 Å². The summed E-state index contributed by atoms with van der Waals surface area (Å²) in [7, 11) is -1.34. The van der Waals surface area contributed by atoms with Crippen molar-refractivity contribution in [3.05, 3.63) is 273 Å². The minimum absolute atomic E-state index is 0. The first-order valence-electron chi connectivity index (χ1n) is 19.2. The molecule has 0 bridgehead atoms. The standard InChI is InChI=1S/3C18H15P.Pd.2H/c3*1-4-10-16(11-5-1)19(17-12-6-2-7-13-17)18-14-8-3-9-15-18;;;/h3*1-15H;;;/q;;;+2;2*-1. The summed E-state index contributed by atoms with van der Waals surface area (Å²) in [5.41, 5.74) is 0. The maximum absolute atomic E-state index is 2.23. The van der Waals surface area contributed by atoms with Crippen LogP contribution in [0, 0.1) is 0 Å². The fraction of sp³-hybridized carbons (Fsp3) is 0. The van der Waals surface area contributed by atoms with Crippen LogP contribution < -0.4 is 47.7 Å². The van der Waals surface area contributed by atoms with Crippen molar-refractivity contribution >= 4 is 71.5 Å². The Bertz CT molecular complexity index is 1870. The molecule has 9 rings (SSSR count). The van der Waals surface area contributed by atoms with Crippen LogP contribution in [0.2, 0.25) is 0 Å². The van der Waals surface area contributed by atoms with Crippen LogP contribution in [0.5, 0.6) is 0 Å². The summed E-state index contributed by atoms with van der Waals surface area (Å²) in [4.78, 5) is 0. The van der Waals surface area contributed by atoms with Gasteiger partial charge in [0.05, 0.1) is 0 Å². The number of hydrogen-bond acceptors (Lipinski definition) is 0. The van der Waals surface area contributed by atoms with Crippen LogP contribution in [0.15, 0.2) is 273 Å². The fourth-order valence-electron chi connectivity index (χ4n) is 6.54. The molecule has 288 valence electrons. The molecule has 9 aromatic carbocycles. The third kappa shape index (κ3) is 12.0. The Morgan fingerprint density at radius 1 is 0.155 bits per heavy atom. The Hall–Kier alpha value is -5.07. The molecular formula is C54H47P3Pd. The summed E-state index contributed by atoms with van der Waals surface area (Å²) in [6, 6.07) is 97.0. The zero-order valence-electron chi connectivity index (χ0n) is 34.1. The Kier molecular flexibility index (Phi) is 17.1. The van der Waals surface area contributed by atoms with Crippen molar-refractivity contribution in [2.75, 3.05) is 0 Å². The Morgan fingerprint density at radius 3 is 0.328 bits per heavy atom. The maximum Gasteiger partial charge on any atom is 2.00 e. The van der Waals surface area contributed by atoms with E-state index in [1.807, 2.05) is 0 Å². The number of benzene rings is 9. The SMILES string of the molecule is [H-].[H-].[Pd+2].c1ccc(P(c2ccccc2)c2ccccc2)cc1.c1ccc(P(c2ccccc2)c2ccccc2)cc1.c1ccc(P(c2ccccc2)c2ccccc2)cc1. The third-order valence-electron chi connectivity index (χ3n) is 9.13. The molecule has 0 N–H and O–H groups in total. The van der Waals surface area contributed by atoms with Gasteiger partial charge in [0.1, 0.15) is 0 Å². The van der Waals surface area contributed by atoms with Gasteiger partial charge >= 0.3 is 20.4 Å². The van der Waals surface area contributed by atoms with Crippen molar-refractivity contribution in [3.63, 3.8) is 0 Å². The minimum atomic E-state index is -0.446. The first-order valence-corrected chi connectivity index (χ1v) is 23.2. The van der Waals surface area contributed by atoms with Crippen LogP contribution in [-0.2, 0) is 20.4 Å². The molecule has 0 saturated heterocycles. The third-order valence-corrected chi connectivity index (χ3v) is 16.5. The normalized spacial score (nSPS) is 10.4. The quantitative estimate of drug-likeness (QED) is 0.100. The average Bonchev–Trinajstić information content (AvgIpc) is 3.30. The zero-order valence-corrected chi connectivity index (χ0v) is 36.4. The molecule has 0 heterocycles. The summed E-state index contributed by atoms with van der Waals surface area (Å²) in [5.74, 6) is 0. The van der Waals surface area contributed by atoms with Gasteiger partial charge in [-0.25, -0.2) is 0 Å². The van der Waals surface area contributed by atoms with Crippen LogP contribution in [0.1, 0.15) is 2.85 Å². The monoisotopic (exact) mass is 894 g/mol. The number of rotatable bonds is 9. The van der Waals surface area contributed by atoms with Crippen molar-refractivity contribution in [1.82, 2.24) is 0 Å².